The van der Waals surface area contributed by atoms with Crippen molar-refractivity contribution < 1.29 is 27.9 Å². The fraction of sp³-hybridized carbons (Fsp3) is 0.333. The van der Waals surface area contributed by atoms with Crippen LogP contribution in [-0.2, 0) is 10.0 Å². The molecule has 0 atom stereocenters. The average Bonchev–Trinajstić information content (AvgIpc) is 2.69. The molecule has 9 heteroatoms. The molecule has 1 aliphatic carbocycles. The highest BCUT2D eigenvalue weighted by molar-refractivity contribution is 7.89. The molecular formula is C21H22N2O6S. The van der Waals surface area contributed by atoms with Crippen molar-refractivity contribution in [1.82, 2.24) is 5.32 Å². The Morgan fingerprint density at radius 1 is 1.13 bits per heavy atom. The van der Waals surface area contributed by atoms with Crippen LogP contribution in [0.1, 0.15) is 52.8 Å². The fourth-order valence-corrected chi connectivity index (χ4v) is 4.63. The summed E-state index contributed by atoms with van der Waals surface area (Å²) in [6.45, 7) is 0. The van der Waals surface area contributed by atoms with Crippen LogP contribution < -0.4 is 15.2 Å². The SMILES string of the molecule is NS(=O)(=O)c1ccc(C(=O)NC2CCC3(CC2)CC(=O)c2ccc(O)cc2O3)cc1. The summed E-state index contributed by atoms with van der Waals surface area (Å²) in [5.74, 6) is 0.151. The third kappa shape index (κ3) is 4.03. The summed E-state index contributed by atoms with van der Waals surface area (Å²) in [6.07, 6.45) is 2.76. The lowest BCUT2D eigenvalue weighted by molar-refractivity contribution is 0.00690. The van der Waals surface area contributed by atoms with Crippen LogP contribution in [0.2, 0.25) is 0 Å². The number of hydrogen-bond acceptors (Lipinski definition) is 6. The molecule has 30 heavy (non-hydrogen) atoms. The van der Waals surface area contributed by atoms with Gasteiger partial charge < -0.3 is 15.2 Å². The number of ketones is 1. The summed E-state index contributed by atoms with van der Waals surface area (Å²) in [5.41, 5.74) is 0.212. The van der Waals surface area contributed by atoms with Crippen LogP contribution in [0.5, 0.6) is 11.5 Å². The molecule has 2 aromatic rings. The molecule has 2 aromatic carbocycles. The van der Waals surface area contributed by atoms with Crippen molar-refractivity contribution in [2.45, 2.75) is 48.6 Å². The first-order chi connectivity index (χ1) is 14.2. The molecule has 0 unspecified atom stereocenters. The number of Topliss-reactive ketones (excluding diaryl/α,β-unsaturated/α-hetero) is 1. The van der Waals surface area contributed by atoms with Crippen molar-refractivity contribution in [2.75, 3.05) is 0 Å². The minimum Gasteiger partial charge on any atom is -0.508 e. The second-order valence-corrected chi connectivity index (χ2v) is 9.44. The predicted molar refractivity (Wildman–Crippen MR) is 108 cm³/mol. The molecule has 0 saturated heterocycles. The second-order valence-electron chi connectivity index (χ2n) is 7.88. The molecule has 158 valence electrons. The third-order valence-corrected chi connectivity index (χ3v) is 6.68. The number of amides is 1. The van der Waals surface area contributed by atoms with Gasteiger partial charge in [-0.2, -0.15) is 0 Å². The Bertz CT molecular complexity index is 1100. The fourth-order valence-electron chi connectivity index (χ4n) is 4.11. The Hall–Kier alpha value is -2.91. The number of fused-ring (bicyclic) bond motifs is 1. The van der Waals surface area contributed by atoms with E-state index in [2.05, 4.69) is 5.32 Å². The van der Waals surface area contributed by atoms with Crippen molar-refractivity contribution in [3.8, 4) is 11.5 Å². The highest BCUT2D eigenvalue weighted by Gasteiger charge is 2.43. The van der Waals surface area contributed by atoms with Crippen molar-refractivity contribution in [3.05, 3.63) is 53.6 Å². The quantitative estimate of drug-likeness (QED) is 0.682. The number of phenols is 1. The summed E-state index contributed by atoms with van der Waals surface area (Å²) in [6, 6.07) is 9.88. The minimum absolute atomic E-state index is 0.00585. The Balaban J connectivity index is 1.39. The van der Waals surface area contributed by atoms with Crippen molar-refractivity contribution in [1.29, 1.82) is 0 Å². The van der Waals surface area contributed by atoms with Crippen LogP contribution in [0.25, 0.3) is 0 Å². The average molecular weight is 430 g/mol. The Morgan fingerprint density at radius 3 is 2.43 bits per heavy atom. The van der Waals surface area contributed by atoms with Crippen LogP contribution in [0, 0.1) is 0 Å². The number of hydrogen-bond donors (Lipinski definition) is 3. The van der Waals surface area contributed by atoms with Gasteiger partial charge in [-0.3, -0.25) is 9.59 Å². The van der Waals surface area contributed by atoms with E-state index >= 15 is 0 Å². The molecule has 1 heterocycles. The summed E-state index contributed by atoms with van der Waals surface area (Å²) < 4.78 is 28.8. The summed E-state index contributed by atoms with van der Waals surface area (Å²) >= 11 is 0. The molecule has 2 aliphatic rings. The molecule has 8 nitrogen and oxygen atoms in total. The Kier molecular flexibility index (Phi) is 5.03. The number of nitrogens with two attached hydrogens (primary N) is 1. The predicted octanol–water partition coefficient (Wildman–Crippen LogP) is 2.12. The highest BCUT2D eigenvalue weighted by Crippen LogP contribution is 2.42. The van der Waals surface area contributed by atoms with Crippen LogP contribution in [0.4, 0.5) is 0 Å². The molecule has 1 aliphatic heterocycles. The van der Waals surface area contributed by atoms with Crippen molar-refractivity contribution in [2.24, 2.45) is 5.14 Å². The molecule has 4 N–H and O–H groups in total. The first-order valence-electron chi connectivity index (χ1n) is 9.64. The van der Waals surface area contributed by atoms with Gasteiger partial charge >= 0.3 is 0 Å². The van der Waals surface area contributed by atoms with Gasteiger partial charge in [0.25, 0.3) is 5.91 Å². The van der Waals surface area contributed by atoms with Gasteiger partial charge in [-0.25, -0.2) is 13.6 Å². The number of aromatic hydroxyl groups is 1. The van der Waals surface area contributed by atoms with Gasteiger partial charge in [0, 0.05) is 17.7 Å². The number of primary sulfonamides is 1. The molecule has 1 spiro atoms. The molecular weight excluding hydrogens is 408 g/mol. The molecule has 1 fully saturated rings. The Labute approximate surface area is 174 Å². The van der Waals surface area contributed by atoms with E-state index in [1.165, 1.54) is 36.4 Å². The van der Waals surface area contributed by atoms with Gasteiger partial charge in [-0.1, -0.05) is 0 Å². The van der Waals surface area contributed by atoms with E-state index < -0.39 is 15.6 Å². The lowest BCUT2D eigenvalue weighted by Gasteiger charge is -2.42. The monoisotopic (exact) mass is 430 g/mol. The van der Waals surface area contributed by atoms with E-state index in [4.69, 9.17) is 9.88 Å². The van der Waals surface area contributed by atoms with Gasteiger partial charge in [0.05, 0.1) is 16.9 Å². The number of nitrogens with one attached hydrogen (secondary N) is 1. The van der Waals surface area contributed by atoms with Crippen LogP contribution >= 0.6 is 0 Å². The topological polar surface area (TPSA) is 136 Å². The van der Waals surface area contributed by atoms with Crippen molar-refractivity contribution in [3.63, 3.8) is 0 Å². The molecule has 4 rings (SSSR count). The van der Waals surface area contributed by atoms with Crippen LogP contribution in [0.3, 0.4) is 0 Å². The van der Waals surface area contributed by atoms with Gasteiger partial charge in [0.15, 0.2) is 5.78 Å². The number of sulfonamides is 1. The molecule has 0 aromatic heterocycles. The first-order valence-corrected chi connectivity index (χ1v) is 11.2. The van der Waals surface area contributed by atoms with E-state index in [-0.39, 0.29) is 34.8 Å². The normalized spacial score (nSPS) is 23.5. The zero-order valence-corrected chi connectivity index (χ0v) is 16.9. The van der Waals surface area contributed by atoms with Gasteiger partial charge in [0.2, 0.25) is 10.0 Å². The highest BCUT2D eigenvalue weighted by atomic mass is 32.2. The maximum absolute atomic E-state index is 12.5. The number of rotatable bonds is 3. The minimum atomic E-state index is -3.81. The Morgan fingerprint density at radius 2 is 1.80 bits per heavy atom. The second kappa shape index (κ2) is 7.41. The maximum Gasteiger partial charge on any atom is 0.251 e. The van der Waals surface area contributed by atoms with Crippen molar-refractivity contribution >= 4 is 21.7 Å². The van der Waals surface area contributed by atoms with Crippen LogP contribution in [-0.4, -0.2) is 36.9 Å². The molecule has 1 amide bonds. The lowest BCUT2D eigenvalue weighted by Crippen LogP contribution is -2.49. The zero-order chi connectivity index (χ0) is 21.5. The van der Waals surface area contributed by atoms with Gasteiger partial charge in [-0.15, -0.1) is 0 Å². The van der Waals surface area contributed by atoms with E-state index in [9.17, 15) is 23.1 Å². The smallest absolute Gasteiger partial charge is 0.251 e. The number of carbonyl (C=O) groups is 2. The number of carbonyl (C=O) groups excluding carboxylic acids is 2. The standard InChI is InChI=1S/C21H22N2O6S/c22-30(27,28)16-4-1-13(2-5-16)20(26)23-14-7-9-21(10-8-14)12-18(25)17-6-3-15(24)11-19(17)29-21/h1-6,11,14,24H,7-10,12H2,(H,23,26)(H2,22,27,28). The molecule has 0 bridgehead atoms. The van der Waals surface area contributed by atoms with E-state index in [1.54, 1.807) is 6.07 Å². The molecule has 1 saturated carbocycles. The van der Waals surface area contributed by atoms with Gasteiger partial charge in [0.1, 0.15) is 17.1 Å². The first kappa shape index (κ1) is 20.4. The number of phenolic OH excluding ortho intramolecular Hbond substituents is 1. The van der Waals surface area contributed by atoms with Crippen LogP contribution in [0.15, 0.2) is 47.4 Å². The van der Waals surface area contributed by atoms with E-state index in [1.807, 2.05) is 0 Å². The summed E-state index contributed by atoms with van der Waals surface area (Å²) in [5, 5.41) is 17.7. The number of ether oxygens (including phenoxy) is 1. The maximum atomic E-state index is 12.5. The zero-order valence-electron chi connectivity index (χ0n) is 16.1. The largest absolute Gasteiger partial charge is 0.508 e. The van der Waals surface area contributed by atoms with E-state index in [0.29, 0.717) is 42.6 Å². The number of benzene rings is 2. The summed E-state index contributed by atoms with van der Waals surface area (Å²) in [7, 11) is -3.81. The van der Waals surface area contributed by atoms with Gasteiger partial charge in [-0.05, 0) is 62.1 Å². The molecule has 0 radical (unpaired) electrons. The van der Waals surface area contributed by atoms with E-state index in [0.717, 1.165) is 0 Å². The lowest BCUT2D eigenvalue weighted by atomic mass is 9.76. The third-order valence-electron chi connectivity index (χ3n) is 5.75. The summed E-state index contributed by atoms with van der Waals surface area (Å²) in [4.78, 5) is 25.0.